The maximum absolute atomic E-state index is 11.6. The van der Waals surface area contributed by atoms with Crippen molar-refractivity contribution in [3.05, 3.63) is 24.0 Å². The van der Waals surface area contributed by atoms with Crippen LogP contribution in [0.15, 0.2) is 18.3 Å². The van der Waals surface area contributed by atoms with Crippen molar-refractivity contribution in [2.24, 2.45) is 0 Å². The number of carbonyl (C=O) groups excluding carboxylic acids is 1. The molecule has 0 aliphatic carbocycles. The summed E-state index contributed by atoms with van der Waals surface area (Å²) in [6, 6.07) is 3.65. The number of amides is 1. The normalized spacial score (nSPS) is 9.71. The van der Waals surface area contributed by atoms with Crippen LogP contribution >= 0.6 is 0 Å². The van der Waals surface area contributed by atoms with Crippen molar-refractivity contribution >= 4 is 11.6 Å². The van der Waals surface area contributed by atoms with Gasteiger partial charge in [-0.25, -0.2) is 0 Å². The van der Waals surface area contributed by atoms with E-state index in [1.165, 1.54) is 4.90 Å². The molecule has 0 spiro atoms. The van der Waals surface area contributed by atoms with E-state index in [1.54, 1.807) is 26.4 Å². The number of hydrogen-bond acceptors (Lipinski definition) is 3. The monoisotopic (exact) mass is 193 g/mol. The lowest BCUT2D eigenvalue weighted by atomic mass is 10.3. The van der Waals surface area contributed by atoms with Crippen LogP contribution in [-0.2, 0) is 0 Å². The molecule has 1 rings (SSSR count). The van der Waals surface area contributed by atoms with Crippen LogP contribution in [0.2, 0.25) is 0 Å². The Morgan fingerprint density at radius 2 is 1.93 bits per heavy atom. The van der Waals surface area contributed by atoms with E-state index in [2.05, 4.69) is 4.98 Å². The summed E-state index contributed by atoms with van der Waals surface area (Å²) in [5.41, 5.74) is 1.45. The number of aromatic nitrogens is 1. The molecule has 0 radical (unpaired) electrons. The van der Waals surface area contributed by atoms with Gasteiger partial charge < -0.3 is 9.80 Å². The van der Waals surface area contributed by atoms with Crippen molar-refractivity contribution in [3.63, 3.8) is 0 Å². The third-order valence-electron chi connectivity index (χ3n) is 1.89. The summed E-state index contributed by atoms with van der Waals surface area (Å²) >= 11 is 0. The molecular weight excluding hydrogens is 178 g/mol. The number of hydrogen-bond donors (Lipinski definition) is 0. The summed E-state index contributed by atoms with van der Waals surface area (Å²) in [7, 11) is 7.29. The smallest absolute Gasteiger partial charge is 0.272 e. The van der Waals surface area contributed by atoms with Gasteiger partial charge >= 0.3 is 0 Å². The van der Waals surface area contributed by atoms with Crippen molar-refractivity contribution in [2.75, 3.05) is 33.1 Å². The van der Waals surface area contributed by atoms with Crippen LogP contribution in [-0.4, -0.2) is 44.0 Å². The molecule has 0 aliphatic rings. The SMILES string of the molecule is CN(C)C(=O)c1cc(N(C)C)ccn1. The first-order chi connectivity index (χ1) is 6.52. The average molecular weight is 193 g/mol. The maximum atomic E-state index is 11.6. The quantitative estimate of drug-likeness (QED) is 0.698. The molecule has 0 aromatic carbocycles. The zero-order chi connectivity index (χ0) is 10.7. The fourth-order valence-corrected chi connectivity index (χ4v) is 1.04. The van der Waals surface area contributed by atoms with Crippen molar-refractivity contribution in [1.29, 1.82) is 0 Å². The Balaban J connectivity index is 3.00. The highest BCUT2D eigenvalue weighted by Gasteiger charge is 2.09. The molecule has 0 N–H and O–H groups in total. The van der Waals surface area contributed by atoms with Gasteiger partial charge in [0.2, 0.25) is 0 Å². The Morgan fingerprint density at radius 1 is 1.29 bits per heavy atom. The predicted molar refractivity (Wildman–Crippen MR) is 56.6 cm³/mol. The van der Waals surface area contributed by atoms with Gasteiger partial charge in [0.25, 0.3) is 5.91 Å². The minimum atomic E-state index is -0.0753. The minimum Gasteiger partial charge on any atom is -0.378 e. The van der Waals surface area contributed by atoms with Crippen LogP contribution in [0.4, 0.5) is 5.69 Å². The average Bonchev–Trinajstić information content (AvgIpc) is 2.16. The van der Waals surface area contributed by atoms with E-state index in [1.807, 2.05) is 25.1 Å². The fourth-order valence-electron chi connectivity index (χ4n) is 1.04. The summed E-state index contributed by atoms with van der Waals surface area (Å²) in [4.78, 5) is 19.0. The van der Waals surface area contributed by atoms with Gasteiger partial charge in [-0.3, -0.25) is 9.78 Å². The first-order valence-corrected chi connectivity index (χ1v) is 4.37. The van der Waals surface area contributed by atoms with Gasteiger partial charge in [-0.1, -0.05) is 0 Å². The predicted octanol–water partition coefficient (Wildman–Crippen LogP) is 0.849. The van der Waals surface area contributed by atoms with E-state index in [-0.39, 0.29) is 5.91 Å². The second kappa shape index (κ2) is 4.09. The number of pyridine rings is 1. The third kappa shape index (κ3) is 2.22. The summed E-state index contributed by atoms with van der Waals surface area (Å²) < 4.78 is 0. The van der Waals surface area contributed by atoms with Crippen LogP contribution in [0.25, 0.3) is 0 Å². The second-order valence-corrected chi connectivity index (χ2v) is 3.49. The molecule has 0 atom stereocenters. The van der Waals surface area contributed by atoms with E-state index < -0.39 is 0 Å². The number of nitrogens with zero attached hydrogens (tertiary/aromatic N) is 3. The van der Waals surface area contributed by atoms with Crippen molar-refractivity contribution in [3.8, 4) is 0 Å². The van der Waals surface area contributed by atoms with Gasteiger partial charge in [-0.2, -0.15) is 0 Å². The Labute approximate surface area is 84.2 Å². The first kappa shape index (κ1) is 10.5. The molecule has 0 bridgehead atoms. The standard InChI is InChI=1S/C10H15N3O/c1-12(2)8-5-6-11-9(7-8)10(14)13(3)4/h5-7H,1-4H3. The van der Waals surface area contributed by atoms with Crippen LogP contribution in [0.1, 0.15) is 10.5 Å². The zero-order valence-electron chi connectivity index (χ0n) is 8.98. The highest BCUT2D eigenvalue weighted by molar-refractivity contribution is 5.92. The number of rotatable bonds is 2. The Morgan fingerprint density at radius 3 is 2.43 bits per heavy atom. The molecule has 0 unspecified atom stereocenters. The van der Waals surface area contributed by atoms with Crippen LogP contribution in [0, 0.1) is 0 Å². The van der Waals surface area contributed by atoms with Gasteiger partial charge in [0.15, 0.2) is 0 Å². The lowest BCUT2D eigenvalue weighted by molar-refractivity contribution is 0.0822. The molecule has 1 aromatic heterocycles. The molecule has 4 nitrogen and oxygen atoms in total. The van der Waals surface area contributed by atoms with Gasteiger partial charge in [-0.15, -0.1) is 0 Å². The summed E-state index contributed by atoms with van der Waals surface area (Å²) in [6.07, 6.45) is 1.64. The molecule has 1 heterocycles. The van der Waals surface area contributed by atoms with E-state index in [0.29, 0.717) is 5.69 Å². The molecule has 0 saturated carbocycles. The molecule has 14 heavy (non-hydrogen) atoms. The van der Waals surface area contributed by atoms with Crippen LogP contribution < -0.4 is 4.90 Å². The molecule has 0 aliphatic heterocycles. The molecule has 76 valence electrons. The maximum Gasteiger partial charge on any atom is 0.272 e. The lowest BCUT2D eigenvalue weighted by Gasteiger charge is -2.14. The first-order valence-electron chi connectivity index (χ1n) is 4.37. The van der Waals surface area contributed by atoms with Crippen molar-refractivity contribution in [2.45, 2.75) is 0 Å². The van der Waals surface area contributed by atoms with E-state index in [0.717, 1.165) is 5.69 Å². The summed E-state index contributed by atoms with van der Waals surface area (Å²) in [6.45, 7) is 0. The minimum absolute atomic E-state index is 0.0753. The van der Waals surface area contributed by atoms with Gasteiger partial charge in [0, 0.05) is 40.1 Å². The third-order valence-corrected chi connectivity index (χ3v) is 1.89. The second-order valence-electron chi connectivity index (χ2n) is 3.49. The summed E-state index contributed by atoms with van der Waals surface area (Å²) in [5.74, 6) is -0.0753. The van der Waals surface area contributed by atoms with E-state index in [4.69, 9.17) is 0 Å². The van der Waals surface area contributed by atoms with Gasteiger partial charge in [0.1, 0.15) is 5.69 Å². The molecular formula is C10H15N3O. The van der Waals surface area contributed by atoms with Gasteiger partial charge in [0.05, 0.1) is 0 Å². The molecule has 1 aromatic rings. The molecule has 0 fully saturated rings. The highest BCUT2D eigenvalue weighted by atomic mass is 16.2. The largest absolute Gasteiger partial charge is 0.378 e. The molecule has 0 saturated heterocycles. The van der Waals surface area contributed by atoms with Gasteiger partial charge in [-0.05, 0) is 12.1 Å². The fraction of sp³-hybridized carbons (Fsp3) is 0.400. The van der Waals surface area contributed by atoms with Crippen LogP contribution in [0.3, 0.4) is 0 Å². The lowest BCUT2D eigenvalue weighted by Crippen LogP contribution is -2.23. The Kier molecular flexibility index (Phi) is 3.06. The Bertz CT molecular complexity index is 334. The highest BCUT2D eigenvalue weighted by Crippen LogP contribution is 2.11. The zero-order valence-corrected chi connectivity index (χ0v) is 8.98. The molecule has 1 amide bonds. The van der Waals surface area contributed by atoms with E-state index >= 15 is 0 Å². The van der Waals surface area contributed by atoms with Crippen molar-refractivity contribution < 1.29 is 4.79 Å². The van der Waals surface area contributed by atoms with Crippen molar-refractivity contribution in [1.82, 2.24) is 9.88 Å². The number of carbonyl (C=O) groups is 1. The van der Waals surface area contributed by atoms with E-state index in [9.17, 15) is 4.79 Å². The van der Waals surface area contributed by atoms with Crippen LogP contribution in [0.5, 0.6) is 0 Å². The Hall–Kier alpha value is -1.58. The number of anilines is 1. The molecule has 4 heteroatoms. The topological polar surface area (TPSA) is 36.4 Å². The summed E-state index contributed by atoms with van der Waals surface area (Å²) in [5, 5.41) is 0.